The summed E-state index contributed by atoms with van der Waals surface area (Å²) in [4.78, 5) is 18.7. The van der Waals surface area contributed by atoms with E-state index in [0.717, 1.165) is 11.0 Å². The summed E-state index contributed by atoms with van der Waals surface area (Å²) in [6, 6.07) is 5.95. The summed E-state index contributed by atoms with van der Waals surface area (Å²) >= 11 is 0. The van der Waals surface area contributed by atoms with Crippen molar-refractivity contribution < 1.29 is 9.53 Å². The number of carbonyl (C=O) groups is 1. The Kier molecular flexibility index (Phi) is 2.90. The summed E-state index contributed by atoms with van der Waals surface area (Å²) in [6.45, 7) is 4.21. The van der Waals surface area contributed by atoms with Gasteiger partial charge in [0.1, 0.15) is 12.2 Å². The molecule has 0 saturated carbocycles. The lowest BCUT2D eigenvalue weighted by atomic mass is 10.2. The molecule has 2 aromatic rings. The number of fused-ring (bicyclic) bond motifs is 1. The van der Waals surface area contributed by atoms with Crippen molar-refractivity contribution in [2.24, 2.45) is 0 Å². The second-order valence-corrected chi connectivity index (χ2v) is 3.69. The fourth-order valence-corrected chi connectivity index (χ4v) is 1.61. The first kappa shape index (κ1) is 10.7. The lowest BCUT2D eigenvalue weighted by Gasteiger charge is -1.97. The number of rotatable bonds is 3. The van der Waals surface area contributed by atoms with Gasteiger partial charge in [-0.3, -0.25) is 4.79 Å². The summed E-state index contributed by atoms with van der Waals surface area (Å²) < 4.78 is 4.87. The molecule has 84 valence electrons. The number of nitrogens with zero attached hydrogens (tertiary/aromatic N) is 1. The van der Waals surface area contributed by atoms with E-state index in [1.807, 2.05) is 25.1 Å². The Morgan fingerprint density at radius 1 is 1.50 bits per heavy atom. The number of aromatic amines is 1. The number of hydrogen-bond donors (Lipinski definition) is 1. The van der Waals surface area contributed by atoms with Gasteiger partial charge in [-0.2, -0.15) is 0 Å². The number of aryl methyl sites for hydroxylation is 1. The molecule has 4 heteroatoms. The number of carbonyl (C=O) groups excluding carboxylic acids is 1. The number of aromatic nitrogens is 2. The van der Waals surface area contributed by atoms with E-state index in [0.29, 0.717) is 12.4 Å². The Morgan fingerprint density at radius 3 is 3.06 bits per heavy atom. The zero-order chi connectivity index (χ0) is 11.5. The number of hydrogen-bond acceptors (Lipinski definition) is 3. The number of imidazole rings is 1. The maximum atomic E-state index is 11.3. The molecule has 0 aliphatic carbocycles. The minimum Gasteiger partial charge on any atom is -0.466 e. The number of H-pyrrole nitrogens is 1. The van der Waals surface area contributed by atoms with Gasteiger partial charge in [0.25, 0.3) is 0 Å². The van der Waals surface area contributed by atoms with Crippen LogP contribution in [0.2, 0.25) is 0 Å². The largest absolute Gasteiger partial charge is 0.466 e. The molecule has 0 aliphatic heterocycles. The van der Waals surface area contributed by atoms with E-state index in [1.165, 1.54) is 5.56 Å². The van der Waals surface area contributed by atoms with E-state index < -0.39 is 0 Å². The molecule has 16 heavy (non-hydrogen) atoms. The predicted molar refractivity (Wildman–Crippen MR) is 61.2 cm³/mol. The lowest BCUT2D eigenvalue weighted by Crippen LogP contribution is -2.08. The van der Waals surface area contributed by atoms with E-state index in [2.05, 4.69) is 9.97 Å². The first-order chi connectivity index (χ1) is 7.69. The highest BCUT2D eigenvalue weighted by atomic mass is 16.5. The van der Waals surface area contributed by atoms with Crippen molar-refractivity contribution in [1.82, 2.24) is 9.97 Å². The minimum absolute atomic E-state index is 0.196. The standard InChI is InChI=1S/C12H14N2O2/c1-3-16-12(15)7-11-13-9-5-4-8(2)6-10(9)14-11/h4-6H,3,7H2,1-2H3,(H,13,14). The normalized spacial score (nSPS) is 10.6. The van der Waals surface area contributed by atoms with Crippen LogP contribution in [-0.2, 0) is 16.0 Å². The smallest absolute Gasteiger partial charge is 0.313 e. The molecule has 0 atom stereocenters. The quantitative estimate of drug-likeness (QED) is 0.801. The average molecular weight is 218 g/mol. The van der Waals surface area contributed by atoms with Crippen molar-refractivity contribution in [2.75, 3.05) is 6.61 Å². The zero-order valence-electron chi connectivity index (χ0n) is 9.41. The van der Waals surface area contributed by atoms with Gasteiger partial charge < -0.3 is 9.72 Å². The van der Waals surface area contributed by atoms with Crippen molar-refractivity contribution >= 4 is 17.0 Å². The predicted octanol–water partition coefficient (Wildman–Crippen LogP) is 1.98. The van der Waals surface area contributed by atoms with Crippen LogP contribution in [0.25, 0.3) is 11.0 Å². The highest BCUT2D eigenvalue weighted by molar-refractivity contribution is 5.78. The molecule has 1 aromatic carbocycles. The molecule has 0 unspecified atom stereocenters. The first-order valence-electron chi connectivity index (χ1n) is 5.30. The van der Waals surface area contributed by atoms with Gasteiger partial charge >= 0.3 is 5.97 Å². The van der Waals surface area contributed by atoms with Crippen molar-refractivity contribution in [1.29, 1.82) is 0 Å². The Labute approximate surface area is 93.6 Å². The molecule has 0 radical (unpaired) electrons. The van der Waals surface area contributed by atoms with Gasteiger partial charge in [-0.15, -0.1) is 0 Å². The third-order valence-electron chi connectivity index (χ3n) is 2.30. The van der Waals surface area contributed by atoms with E-state index in [9.17, 15) is 4.79 Å². The van der Waals surface area contributed by atoms with Crippen LogP contribution in [0, 0.1) is 6.92 Å². The van der Waals surface area contributed by atoms with Gasteiger partial charge in [-0.05, 0) is 31.5 Å². The Bertz CT molecular complexity index is 517. The van der Waals surface area contributed by atoms with Gasteiger partial charge in [0.2, 0.25) is 0 Å². The van der Waals surface area contributed by atoms with E-state index in [4.69, 9.17) is 4.74 Å². The molecule has 2 rings (SSSR count). The molecule has 1 aromatic heterocycles. The van der Waals surface area contributed by atoms with Crippen molar-refractivity contribution in [2.45, 2.75) is 20.3 Å². The Balaban J connectivity index is 2.23. The molecule has 4 nitrogen and oxygen atoms in total. The minimum atomic E-state index is -0.252. The SMILES string of the molecule is CCOC(=O)Cc1nc2ccc(C)cc2[nH]1. The number of esters is 1. The van der Waals surface area contributed by atoms with Crippen LogP contribution in [0.3, 0.4) is 0 Å². The summed E-state index contributed by atoms with van der Waals surface area (Å²) in [5, 5.41) is 0. The monoisotopic (exact) mass is 218 g/mol. The van der Waals surface area contributed by atoms with Crippen molar-refractivity contribution in [3.63, 3.8) is 0 Å². The molecule has 0 amide bonds. The number of ether oxygens (including phenoxy) is 1. The maximum Gasteiger partial charge on any atom is 0.313 e. The third-order valence-corrected chi connectivity index (χ3v) is 2.30. The molecular formula is C12H14N2O2. The van der Waals surface area contributed by atoms with E-state index >= 15 is 0 Å². The van der Waals surface area contributed by atoms with Gasteiger partial charge in [0.15, 0.2) is 0 Å². The number of benzene rings is 1. The molecule has 0 aliphatic rings. The first-order valence-corrected chi connectivity index (χ1v) is 5.30. The Morgan fingerprint density at radius 2 is 2.31 bits per heavy atom. The summed E-state index contributed by atoms with van der Waals surface area (Å²) in [5.74, 6) is 0.400. The van der Waals surface area contributed by atoms with Crippen LogP contribution >= 0.6 is 0 Å². The van der Waals surface area contributed by atoms with Crippen LogP contribution in [0.1, 0.15) is 18.3 Å². The molecule has 0 spiro atoms. The van der Waals surface area contributed by atoms with E-state index in [-0.39, 0.29) is 12.4 Å². The summed E-state index contributed by atoms with van der Waals surface area (Å²) in [5.41, 5.74) is 3.00. The summed E-state index contributed by atoms with van der Waals surface area (Å²) in [6.07, 6.45) is 0.196. The van der Waals surface area contributed by atoms with Gasteiger partial charge in [-0.25, -0.2) is 4.98 Å². The highest BCUT2D eigenvalue weighted by Crippen LogP contribution is 2.13. The second-order valence-electron chi connectivity index (χ2n) is 3.69. The molecular weight excluding hydrogens is 204 g/mol. The molecule has 0 bridgehead atoms. The van der Waals surface area contributed by atoms with Crippen LogP contribution in [0.5, 0.6) is 0 Å². The summed E-state index contributed by atoms with van der Waals surface area (Å²) in [7, 11) is 0. The van der Waals surface area contributed by atoms with Crippen LogP contribution < -0.4 is 0 Å². The fraction of sp³-hybridized carbons (Fsp3) is 0.333. The van der Waals surface area contributed by atoms with Gasteiger partial charge in [0, 0.05) is 0 Å². The van der Waals surface area contributed by atoms with Crippen molar-refractivity contribution in [3.05, 3.63) is 29.6 Å². The Hall–Kier alpha value is -1.84. The van der Waals surface area contributed by atoms with Gasteiger partial charge in [-0.1, -0.05) is 6.07 Å². The van der Waals surface area contributed by atoms with Crippen LogP contribution in [0.4, 0.5) is 0 Å². The lowest BCUT2D eigenvalue weighted by molar-refractivity contribution is -0.142. The maximum absolute atomic E-state index is 11.3. The van der Waals surface area contributed by atoms with Crippen LogP contribution in [0.15, 0.2) is 18.2 Å². The molecule has 0 fully saturated rings. The zero-order valence-corrected chi connectivity index (χ0v) is 9.41. The molecule has 1 heterocycles. The van der Waals surface area contributed by atoms with Gasteiger partial charge in [0.05, 0.1) is 17.6 Å². The highest BCUT2D eigenvalue weighted by Gasteiger charge is 2.08. The third kappa shape index (κ3) is 2.21. The van der Waals surface area contributed by atoms with E-state index in [1.54, 1.807) is 6.92 Å². The van der Waals surface area contributed by atoms with Crippen molar-refractivity contribution in [3.8, 4) is 0 Å². The topological polar surface area (TPSA) is 55.0 Å². The number of nitrogens with one attached hydrogen (secondary N) is 1. The van der Waals surface area contributed by atoms with Crippen LogP contribution in [-0.4, -0.2) is 22.5 Å². The fourth-order valence-electron chi connectivity index (χ4n) is 1.61. The molecule has 0 saturated heterocycles. The molecule has 1 N–H and O–H groups in total. The average Bonchev–Trinajstić information content (AvgIpc) is 2.59. The second kappa shape index (κ2) is 4.35.